The number of anilines is 1. The van der Waals surface area contributed by atoms with Gasteiger partial charge >= 0.3 is 5.97 Å². The van der Waals surface area contributed by atoms with Crippen LogP contribution < -0.4 is 15.5 Å². The lowest BCUT2D eigenvalue weighted by molar-refractivity contribution is -0.142. The van der Waals surface area contributed by atoms with E-state index in [0.29, 0.717) is 18.7 Å². The molecule has 2 rings (SSSR count). The first kappa shape index (κ1) is 22.9. The van der Waals surface area contributed by atoms with Crippen LogP contribution in [0.15, 0.2) is 36.2 Å². The van der Waals surface area contributed by atoms with Gasteiger partial charge in [0.1, 0.15) is 12.3 Å². The summed E-state index contributed by atoms with van der Waals surface area (Å²) in [5.41, 5.74) is 1.70. The molecule has 1 aromatic carbocycles. The molecule has 0 fully saturated rings. The van der Waals surface area contributed by atoms with Gasteiger partial charge in [0.05, 0.1) is 31.9 Å². The van der Waals surface area contributed by atoms with Crippen molar-refractivity contribution in [2.24, 2.45) is 0 Å². The average molecular weight is 417 g/mol. The van der Waals surface area contributed by atoms with Gasteiger partial charge in [-0.25, -0.2) is 0 Å². The van der Waals surface area contributed by atoms with Crippen molar-refractivity contribution in [2.45, 2.75) is 39.7 Å². The molecule has 3 amide bonds. The SMILES string of the molecule is CCOC=C(CC(=O)OCC)NC(=O)C1Cc2ccccc2N1C(=O)CNC(C)=O. The van der Waals surface area contributed by atoms with Crippen LogP contribution in [0, 0.1) is 0 Å². The van der Waals surface area contributed by atoms with Crippen LogP contribution in [0.25, 0.3) is 0 Å². The monoisotopic (exact) mass is 417 g/mol. The van der Waals surface area contributed by atoms with E-state index in [2.05, 4.69) is 10.6 Å². The highest BCUT2D eigenvalue weighted by Gasteiger charge is 2.38. The van der Waals surface area contributed by atoms with Gasteiger partial charge in [-0.1, -0.05) is 18.2 Å². The third-order valence-electron chi connectivity index (χ3n) is 4.35. The highest BCUT2D eigenvalue weighted by Crippen LogP contribution is 2.32. The van der Waals surface area contributed by atoms with Crippen LogP contribution in [0.2, 0.25) is 0 Å². The third-order valence-corrected chi connectivity index (χ3v) is 4.35. The summed E-state index contributed by atoms with van der Waals surface area (Å²) in [4.78, 5) is 50.2. The molecule has 0 aromatic heterocycles. The highest BCUT2D eigenvalue weighted by molar-refractivity contribution is 6.05. The quantitative estimate of drug-likeness (QED) is 0.458. The minimum Gasteiger partial charge on any atom is -0.500 e. The Bertz CT molecular complexity index is 836. The first-order valence-corrected chi connectivity index (χ1v) is 9.78. The van der Waals surface area contributed by atoms with Gasteiger partial charge in [0.15, 0.2) is 0 Å². The summed E-state index contributed by atoms with van der Waals surface area (Å²) in [7, 11) is 0. The van der Waals surface area contributed by atoms with E-state index in [4.69, 9.17) is 9.47 Å². The second-order valence-electron chi connectivity index (χ2n) is 6.59. The fraction of sp³-hybridized carbons (Fsp3) is 0.429. The summed E-state index contributed by atoms with van der Waals surface area (Å²) in [5, 5.41) is 5.15. The van der Waals surface area contributed by atoms with Crippen molar-refractivity contribution < 1.29 is 28.7 Å². The number of carbonyl (C=O) groups excluding carboxylic acids is 4. The third kappa shape index (κ3) is 6.07. The fourth-order valence-electron chi connectivity index (χ4n) is 3.10. The molecule has 30 heavy (non-hydrogen) atoms. The Labute approximate surface area is 175 Å². The number of amides is 3. The molecule has 0 saturated heterocycles. The number of rotatable bonds is 9. The van der Waals surface area contributed by atoms with Crippen LogP contribution >= 0.6 is 0 Å². The molecular formula is C21H27N3O6. The molecule has 1 aliphatic rings. The maximum absolute atomic E-state index is 13.0. The van der Waals surface area contributed by atoms with Crippen molar-refractivity contribution in [1.29, 1.82) is 0 Å². The van der Waals surface area contributed by atoms with Gasteiger partial charge in [0.2, 0.25) is 17.7 Å². The summed E-state index contributed by atoms with van der Waals surface area (Å²) in [6.45, 7) is 5.14. The fourth-order valence-corrected chi connectivity index (χ4v) is 3.10. The summed E-state index contributed by atoms with van der Waals surface area (Å²) in [6, 6.07) is 6.38. The number of para-hydroxylation sites is 1. The molecule has 1 aliphatic heterocycles. The molecule has 0 aliphatic carbocycles. The Balaban J connectivity index is 2.21. The lowest BCUT2D eigenvalue weighted by Crippen LogP contribution is -2.50. The molecule has 0 saturated carbocycles. The highest BCUT2D eigenvalue weighted by atomic mass is 16.5. The maximum atomic E-state index is 13.0. The topological polar surface area (TPSA) is 114 Å². The van der Waals surface area contributed by atoms with Crippen LogP contribution in [0.1, 0.15) is 32.8 Å². The Morgan fingerprint density at radius 2 is 1.90 bits per heavy atom. The second-order valence-corrected chi connectivity index (χ2v) is 6.59. The molecule has 1 aromatic rings. The molecular weight excluding hydrogens is 390 g/mol. The second kappa shape index (κ2) is 11.0. The number of esters is 1. The lowest BCUT2D eigenvalue weighted by Gasteiger charge is -2.25. The number of hydrogen-bond acceptors (Lipinski definition) is 6. The van der Waals surface area contributed by atoms with E-state index in [0.717, 1.165) is 5.56 Å². The van der Waals surface area contributed by atoms with Crippen LogP contribution in [0.4, 0.5) is 5.69 Å². The van der Waals surface area contributed by atoms with E-state index in [9.17, 15) is 19.2 Å². The van der Waals surface area contributed by atoms with Gasteiger partial charge in [-0.05, 0) is 25.5 Å². The van der Waals surface area contributed by atoms with Crippen molar-refractivity contribution in [3.8, 4) is 0 Å². The zero-order valence-electron chi connectivity index (χ0n) is 17.4. The van der Waals surface area contributed by atoms with Gasteiger partial charge in [-0.2, -0.15) is 0 Å². The summed E-state index contributed by atoms with van der Waals surface area (Å²) in [6.07, 6.45) is 1.45. The van der Waals surface area contributed by atoms with Crippen LogP contribution in [-0.4, -0.2) is 49.5 Å². The Hall–Kier alpha value is -3.36. The molecule has 2 N–H and O–H groups in total. The van der Waals surface area contributed by atoms with Crippen molar-refractivity contribution in [1.82, 2.24) is 10.6 Å². The smallest absolute Gasteiger partial charge is 0.311 e. The van der Waals surface area contributed by atoms with Crippen LogP contribution in [0.5, 0.6) is 0 Å². The number of nitrogens with zero attached hydrogens (tertiary/aromatic N) is 1. The Kier molecular flexibility index (Phi) is 8.40. The standard InChI is InChI=1S/C21H27N3O6/c1-4-29-13-16(11-20(27)30-5-2)23-21(28)18-10-15-8-6-7-9-17(15)24(18)19(26)12-22-14(3)25/h6-9,13,18H,4-5,10-12H2,1-3H3,(H,22,25)(H,23,28). The van der Waals surface area contributed by atoms with Gasteiger partial charge in [0, 0.05) is 19.0 Å². The molecule has 0 spiro atoms. The molecule has 1 atom stereocenters. The first-order valence-electron chi connectivity index (χ1n) is 9.78. The molecule has 9 heteroatoms. The Morgan fingerprint density at radius 1 is 1.17 bits per heavy atom. The summed E-state index contributed by atoms with van der Waals surface area (Å²) >= 11 is 0. The lowest BCUT2D eigenvalue weighted by atomic mass is 10.1. The molecule has 1 unspecified atom stereocenters. The van der Waals surface area contributed by atoms with Gasteiger partial charge in [-0.15, -0.1) is 0 Å². The van der Waals surface area contributed by atoms with E-state index >= 15 is 0 Å². The van der Waals surface area contributed by atoms with E-state index in [1.807, 2.05) is 12.1 Å². The van der Waals surface area contributed by atoms with Crippen molar-refractivity contribution >= 4 is 29.4 Å². The number of carbonyl (C=O) groups is 4. The molecule has 0 radical (unpaired) electrons. The van der Waals surface area contributed by atoms with E-state index in [1.54, 1.807) is 26.0 Å². The zero-order chi connectivity index (χ0) is 22.1. The molecule has 9 nitrogen and oxygen atoms in total. The minimum absolute atomic E-state index is 0.168. The van der Waals surface area contributed by atoms with Gasteiger partial charge < -0.3 is 20.1 Å². The largest absolute Gasteiger partial charge is 0.500 e. The molecule has 162 valence electrons. The van der Waals surface area contributed by atoms with E-state index in [1.165, 1.54) is 18.1 Å². The number of ether oxygens (including phenoxy) is 2. The number of benzene rings is 1. The number of nitrogens with one attached hydrogen (secondary N) is 2. The zero-order valence-corrected chi connectivity index (χ0v) is 17.4. The van der Waals surface area contributed by atoms with Crippen molar-refractivity contribution in [3.63, 3.8) is 0 Å². The van der Waals surface area contributed by atoms with Gasteiger partial charge in [-0.3, -0.25) is 24.1 Å². The predicted octanol–water partition coefficient (Wildman–Crippen LogP) is 1.03. The predicted molar refractivity (Wildman–Crippen MR) is 109 cm³/mol. The van der Waals surface area contributed by atoms with Gasteiger partial charge in [0.25, 0.3) is 0 Å². The van der Waals surface area contributed by atoms with Crippen molar-refractivity contribution in [3.05, 3.63) is 41.8 Å². The van der Waals surface area contributed by atoms with E-state index in [-0.39, 0.29) is 31.2 Å². The van der Waals surface area contributed by atoms with Crippen LogP contribution in [-0.2, 0) is 35.1 Å². The molecule has 0 bridgehead atoms. The Morgan fingerprint density at radius 3 is 2.57 bits per heavy atom. The van der Waals surface area contributed by atoms with Crippen molar-refractivity contribution in [2.75, 3.05) is 24.7 Å². The summed E-state index contributed by atoms with van der Waals surface area (Å²) < 4.78 is 10.2. The average Bonchev–Trinajstić information content (AvgIpc) is 3.10. The first-order chi connectivity index (χ1) is 14.4. The van der Waals surface area contributed by atoms with E-state index < -0.39 is 23.8 Å². The minimum atomic E-state index is -0.823. The maximum Gasteiger partial charge on any atom is 0.311 e. The molecule has 1 heterocycles. The van der Waals surface area contributed by atoms with Crippen LogP contribution in [0.3, 0.4) is 0 Å². The number of hydrogen-bond donors (Lipinski definition) is 2. The number of fused-ring (bicyclic) bond motifs is 1. The normalized spacial score (nSPS) is 15.2. The summed E-state index contributed by atoms with van der Waals surface area (Å²) in [5.74, 6) is -1.71.